The van der Waals surface area contributed by atoms with Gasteiger partial charge in [-0.3, -0.25) is 14.4 Å². The molecular formula is C28H25Cl2N7O5. The number of hydrogen-bond acceptors (Lipinski definition) is 7. The van der Waals surface area contributed by atoms with Gasteiger partial charge < -0.3 is 31.7 Å². The summed E-state index contributed by atoms with van der Waals surface area (Å²) in [6.45, 7) is -0.781. The maximum atomic E-state index is 13.0. The van der Waals surface area contributed by atoms with Crippen LogP contribution in [0.3, 0.4) is 0 Å². The summed E-state index contributed by atoms with van der Waals surface area (Å²) in [5, 5.41) is 18.7. The van der Waals surface area contributed by atoms with Crippen LogP contribution in [0.4, 0.5) is 5.69 Å². The summed E-state index contributed by atoms with van der Waals surface area (Å²) in [6.07, 6.45) is 1.53. The molecule has 0 aliphatic carbocycles. The van der Waals surface area contributed by atoms with Crippen molar-refractivity contribution in [3.63, 3.8) is 0 Å². The molecule has 0 aliphatic rings. The molecule has 0 unspecified atom stereocenters. The zero-order valence-electron chi connectivity index (χ0n) is 22.1. The van der Waals surface area contributed by atoms with E-state index < -0.39 is 36.3 Å². The summed E-state index contributed by atoms with van der Waals surface area (Å²) in [7, 11) is 1.13. The number of rotatable bonds is 10. The Morgan fingerprint density at radius 3 is 2.29 bits per heavy atom. The first kappa shape index (κ1) is 31.4. The van der Waals surface area contributed by atoms with Crippen molar-refractivity contribution in [3.05, 3.63) is 87.9 Å². The van der Waals surface area contributed by atoms with Crippen molar-refractivity contribution in [2.45, 2.75) is 6.04 Å². The zero-order valence-corrected chi connectivity index (χ0v) is 23.6. The van der Waals surface area contributed by atoms with Crippen LogP contribution in [-0.2, 0) is 14.3 Å². The number of hydrogen-bond donors (Lipinski definition) is 5. The largest absolute Gasteiger partial charge is 0.467 e. The van der Waals surface area contributed by atoms with Crippen LogP contribution in [0.5, 0.6) is 0 Å². The number of anilines is 1. The fourth-order valence-corrected chi connectivity index (χ4v) is 4.32. The highest BCUT2D eigenvalue weighted by Crippen LogP contribution is 2.31. The van der Waals surface area contributed by atoms with Crippen LogP contribution < -0.4 is 27.0 Å². The summed E-state index contributed by atoms with van der Waals surface area (Å²) in [6, 6.07) is 17.3. The smallest absolute Gasteiger partial charge is 0.330 e. The maximum absolute atomic E-state index is 13.0. The molecule has 0 radical (unpaired) electrons. The fraction of sp³-hybridized carbons (Fsp3) is 0.143. The normalized spacial score (nSPS) is 11.4. The Kier molecular flexibility index (Phi) is 11.2. The molecule has 3 aromatic carbocycles. The van der Waals surface area contributed by atoms with E-state index in [1.807, 2.05) is 30.3 Å². The van der Waals surface area contributed by atoms with Crippen molar-refractivity contribution in [3.8, 4) is 17.3 Å². The monoisotopic (exact) mass is 609 g/mol. The van der Waals surface area contributed by atoms with Crippen LogP contribution in [0.2, 0.25) is 10.0 Å². The van der Waals surface area contributed by atoms with Gasteiger partial charge in [-0.05, 0) is 41.5 Å². The number of esters is 1. The average molecular weight is 610 g/mol. The molecule has 6 N–H and O–H groups in total. The number of nitrogens with zero attached hydrogens (tertiary/aromatic N) is 2. The topological polar surface area (TPSA) is 188 Å². The fourth-order valence-electron chi connectivity index (χ4n) is 3.66. The predicted octanol–water partition coefficient (Wildman–Crippen LogP) is 2.69. The SMILES string of the molecule is COC(=O)[C@H](CNC(=O)CNC(=O)c1cccc(N/C(N)=N/C#N)c1)NC(=O)c1c(Cl)cc(-c2ccccc2)cc1Cl. The van der Waals surface area contributed by atoms with Gasteiger partial charge in [-0.2, -0.15) is 5.26 Å². The molecule has 42 heavy (non-hydrogen) atoms. The number of halogens is 2. The number of guanidine groups is 1. The number of benzene rings is 3. The van der Waals surface area contributed by atoms with E-state index in [0.29, 0.717) is 11.3 Å². The van der Waals surface area contributed by atoms with Gasteiger partial charge in [0, 0.05) is 17.8 Å². The molecule has 1 atom stereocenters. The third-order valence-electron chi connectivity index (χ3n) is 5.65. The van der Waals surface area contributed by atoms with Gasteiger partial charge >= 0.3 is 5.97 Å². The van der Waals surface area contributed by atoms with Crippen molar-refractivity contribution in [1.29, 1.82) is 5.26 Å². The minimum atomic E-state index is -1.29. The van der Waals surface area contributed by atoms with Gasteiger partial charge in [0.2, 0.25) is 18.1 Å². The summed E-state index contributed by atoms with van der Waals surface area (Å²) >= 11 is 12.7. The molecular weight excluding hydrogens is 585 g/mol. The van der Waals surface area contributed by atoms with E-state index in [1.165, 1.54) is 18.3 Å². The molecule has 216 valence electrons. The van der Waals surface area contributed by atoms with Crippen molar-refractivity contribution in [2.75, 3.05) is 25.5 Å². The molecule has 0 saturated carbocycles. The second kappa shape index (κ2) is 15.0. The molecule has 12 nitrogen and oxygen atoms in total. The zero-order chi connectivity index (χ0) is 30.6. The lowest BCUT2D eigenvalue weighted by atomic mass is 10.0. The summed E-state index contributed by atoms with van der Waals surface area (Å²) in [4.78, 5) is 53.6. The van der Waals surface area contributed by atoms with E-state index >= 15 is 0 Å². The summed E-state index contributed by atoms with van der Waals surface area (Å²) < 4.78 is 4.75. The quantitative estimate of drug-likeness (QED) is 0.100. The lowest BCUT2D eigenvalue weighted by molar-refractivity contribution is -0.142. The van der Waals surface area contributed by atoms with Crippen molar-refractivity contribution in [2.24, 2.45) is 10.7 Å². The highest BCUT2D eigenvalue weighted by Gasteiger charge is 2.26. The third kappa shape index (κ3) is 8.69. The Labute approximate surface area is 250 Å². The van der Waals surface area contributed by atoms with Crippen LogP contribution in [0.15, 0.2) is 71.7 Å². The lowest BCUT2D eigenvalue weighted by Gasteiger charge is -2.18. The Balaban J connectivity index is 1.60. The number of ether oxygens (including phenoxy) is 1. The Bertz CT molecular complexity index is 1530. The van der Waals surface area contributed by atoms with Crippen molar-refractivity contribution in [1.82, 2.24) is 16.0 Å². The Morgan fingerprint density at radius 1 is 0.952 bits per heavy atom. The maximum Gasteiger partial charge on any atom is 0.330 e. The molecule has 0 fully saturated rings. The van der Waals surface area contributed by atoms with Crippen LogP contribution >= 0.6 is 23.2 Å². The first-order valence-electron chi connectivity index (χ1n) is 12.2. The first-order valence-corrected chi connectivity index (χ1v) is 13.0. The van der Waals surface area contributed by atoms with Crippen molar-refractivity contribution >= 4 is 58.5 Å². The van der Waals surface area contributed by atoms with E-state index in [1.54, 1.807) is 24.3 Å². The predicted molar refractivity (Wildman–Crippen MR) is 158 cm³/mol. The number of nitrogens with two attached hydrogens (primary N) is 1. The number of aliphatic imine (C=N–C) groups is 1. The lowest BCUT2D eigenvalue weighted by Crippen LogP contribution is -2.50. The van der Waals surface area contributed by atoms with Crippen LogP contribution in [0.25, 0.3) is 11.1 Å². The van der Waals surface area contributed by atoms with Crippen LogP contribution in [0.1, 0.15) is 20.7 Å². The third-order valence-corrected chi connectivity index (χ3v) is 6.24. The molecule has 0 saturated heterocycles. The van der Waals surface area contributed by atoms with E-state index in [4.69, 9.17) is 38.9 Å². The minimum Gasteiger partial charge on any atom is -0.467 e. The van der Waals surface area contributed by atoms with E-state index in [9.17, 15) is 19.2 Å². The second-order valence-corrected chi connectivity index (χ2v) is 9.33. The Hall–Kier alpha value is -5.12. The summed E-state index contributed by atoms with van der Waals surface area (Å²) in [5.41, 5.74) is 7.61. The van der Waals surface area contributed by atoms with E-state index in [2.05, 4.69) is 26.3 Å². The standard InChI is InChI=1S/C28H25Cl2N7O5/c1-42-27(41)22(37-26(40)24-20(29)11-18(12-21(24)30)16-6-3-2-4-7-16)13-33-23(38)14-34-25(39)17-8-5-9-19(10-17)36-28(32)35-15-31/h2-12,22H,13-14H2,1H3,(H,33,38)(H,34,39)(H,37,40)(H3,32,35,36)/t22-/m0/s1. The van der Waals surface area contributed by atoms with Crippen LogP contribution in [-0.4, -0.2) is 55.9 Å². The number of nitrogens with one attached hydrogen (secondary N) is 4. The van der Waals surface area contributed by atoms with Gasteiger partial charge in [0.05, 0.1) is 29.3 Å². The van der Waals surface area contributed by atoms with E-state index in [-0.39, 0.29) is 33.7 Å². The van der Waals surface area contributed by atoms with Gasteiger partial charge in [0.1, 0.15) is 6.04 Å². The van der Waals surface area contributed by atoms with E-state index in [0.717, 1.165) is 12.7 Å². The van der Waals surface area contributed by atoms with Gasteiger partial charge in [-0.1, -0.05) is 59.6 Å². The molecule has 0 aliphatic heterocycles. The first-order chi connectivity index (χ1) is 20.1. The summed E-state index contributed by atoms with van der Waals surface area (Å²) in [5.74, 6) is -2.96. The molecule has 0 aromatic heterocycles. The van der Waals surface area contributed by atoms with Gasteiger partial charge in [0.25, 0.3) is 11.8 Å². The number of methoxy groups -OCH3 is 1. The van der Waals surface area contributed by atoms with Gasteiger partial charge in [0.15, 0.2) is 0 Å². The number of carbonyl (C=O) groups is 4. The highest BCUT2D eigenvalue weighted by molar-refractivity contribution is 6.40. The number of amides is 3. The molecule has 3 amide bonds. The minimum absolute atomic E-state index is 0.0529. The van der Waals surface area contributed by atoms with Gasteiger partial charge in [-0.25, -0.2) is 4.79 Å². The highest BCUT2D eigenvalue weighted by atomic mass is 35.5. The van der Waals surface area contributed by atoms with Gasteiger partial charge in [-0.15, -0.1) is 4.99 Å². The number of nitriles is 1. The Morgan fingerprint density at radius 2 is 1.64 bits per heavy atom. The average Bonchev–Trinajstić information content (AvgIpc) is 2.97. The number of carbonyl (C=O) groups excluding carboxylic acids is 4. The molecule has 3 rings (SSSR count). The molecule has 0 bridgehead atoms. The molecule has 3 aromatic rings. The van der Waals surface area contributed by atoms with Crippen molar-refractivity contribution < 1.29 is 23.9 Å². The second-order valence-electron chi connectivity index (χ2n) is 8.52. The molecule has 14 heteroatoms. The molecule has 0 spiro atoms. The van der Waals surface area contributed by atoms with Crippen LogP contribution in [0, 0.1) is 11.5 Å². The molecule has 0 heterocycles.